The minimum atomic E-state index is -0.182. The lowest BCUT2D eigenvalue weighted by Crippen LogP contribution is -2.45. The molecule has 1 aromatic heterocycles. The van der Waals surface area contributed by atoms with Crippen LogP contribution < -0.4 is 11.5 Å². The number of likely N-dealkylation sites (tertiary alicyclic amines) is 1. The van der Waals surface area contributed by atoms with E-state index in [0.717, 1.165) is 31.5 Å². The smallest absolute Gasteiger partial charge is 0.220 e. The molecule has 19 heavy (non-hydrogen) atoms. The van der Waals surface area contributed by atoms with E-state index in [9.17, 15) is 4.79 Å². The standard InChI is InChI=1S/C14H22N4O/c1-10(15)13(12-3-2-6-17-9-12)18-7-4-11(5-8-18)14(16)19/h2-3,6,9-11,13H,4-5,7-8,15H2,1H3,(H2,16,19). The van der Waals surface area contributed by atoms with Gasteiger partial charge in [0.15, 0.2) is 0 Å². The predicted molar refractivity (Wildman–Crippen MR) is 74.1 cm³/mol. The Labute approximate surface area is 114 Å². The minimum Gasteiger partial charge on any atom is -0.369 e. The Morgan fingerprint density at radius 2 is 2.16 bits per heavy atom. The van der Waals surface area contributed by atoms with E-state index >= 15 is 0 Å². The van der Waals surface area contributed by atoms with Crippen molar-refractivity contribution in [2.75, 3.05) is 13.1 Å². The molecule has 0 aliphatic carbocycles. The van der Waals surface area contributed by atoms with Gasteiger partial charge in [-0.3, -0.25) is 14.7 Å². The number of nitrogens with zero attached hydrogens (tertiary/aromatic N) is 2. The molecule has 2 unspecified atom stereocenters. The second-order valence-corrected chi connectivity index (χ2v) is 5.30. The van der Waals surface area contributed by atoms with Crippen molar-refractivity contribution < 1.29 is 4.79 Å². The monoisotopic (exact) mass is 262 g/mol. The van der Waals surface area contributed by atoms with Crippen LogP contribution in [-0.2, 0) is 4.79 Å². The quantitative estimate of drug-likeness (QED) is 0.835. The molecule has 2 atom stereocenters. The lowest BCUT2D eigenvalue weighted by atomic mass is 9.92. The summed E-state index contributed by atoms with van der Waals surface area (Å²) in [6, 6.07) is 4.17. The van der Waals surface area contributed by atoms with E-state index in [2.05, 4.69) is 16.0 Å². The molecule has 1 amide bonds. The first kappa shape index (κ1) is 14.0. The number of pyridine rings is 1. The first-order valence-electron chi connectivity index (χ1n) is 6.78. The summed E-state index contributed by atoms with van der Waals surface area (Å²) in [6.07, 6.45) is 5.27. The molecule has 2 rings (SSSR count). The van der Waals surface area contributed by atoms with Gasteiger partial charge in [-0.1, -0.05) is 6.07 Å². The van der Waals surface area contributed by atoms with Gasteiger partial charge in [0.2, 0.25) is 5.91 Å². The van der Waals surface area contributed by atoms with Crippen LogP contribution in [-0.4, -0.2) is 34.9 Å². The van der Waals surface area contributed by atoms with Gasteiger partial charge >= 0.3 is 0 Å². The maximum Gasteiger partial charge on any atom is 0.220 e. The van der Waals surface area contributed by atoms with E-state index in [0.29, 0.717) is 0 Å². The van der Waals surface area contributed by atoms with Crippen molar-refractivity contribution in [3.63, 3.8) is 0 Å². The van der Waals surface area contributed by atoms with Crippen LogP contribution >= 0.6 is 0 Å². The van der Waals surface area contributed by atoms with Crippen molar-refractivity contribution in [3.8, 4) is 0 Å². The number of hydrogen-bond acceptors (Lipinski definition) is 4. The summed E-state index contributed by atoms with van der Waals surface area (Å²) in [5.74, 6) is -0.169. The Morgan fingerprint density at radius 3 is 2.63 bits per heavy atom. The molecule has 1 aliphatic rings. The lowest BCUT2D eigenvalue weighted by molar-refractivity contribution is -0.123. The van der Waals surface area contributed by atoms with Gasteiger partial charge in [-0.15, -0.1) is 0 Å². The van der Waals surface area contributed by atoms with Crippen LogP contribution in [0, 0.1) is 5.92 Å². The van der Waals surface area contributed by atoms with Crippen molar-refractivity contribution in [1.82, 2.24) is 9.88 Å². The van der Waals surface area contributed by atoms with E-state index in [1.165, 1.54) is 0 Å². The summed E-state index contributed by atoms with van der Waals surface area (Å²) in [5.41, 5.74) is 12.6. The van der Waals surface area contributed by atoms with Gasteiger partial charge in [-0.05, 0) is 44.5 Å². The molecule has 4 N–H and O–H groups in total. The summed E-state index contributed by atoms with van der Waals surface area (Å²) >= 11 is 0. The van der Waals surface area contributed by atoms with Crippen LogP contribution in [0.15, 0.2) is 24.5 Å². The Kier molecular flexibility index (Phi) is 4.50. The SMILES string of the molecule is CC(N)C(c1cccnc1)N1CCC(C(N)=O)CC1. The van der Waals surface area contributed by atoms with Gasteiger partial charge in [0.1, 0.15) is 0 Å². The van der Waals surface area contributed by atoms with Crippen molar-refractivity contribution in [3.05, 3.63) is 30.1 Å². The fourth-order valence-electron chi connectivity index (χ4n) is 2.86. The van der Waals surface area contributed by atoms with Gasteiger partial charge in [0.25, 0.3) is 0 Å². The Morgan fingerprint density at radius 1 is 1.47 bits per heavy atom. The number of hydrogen-bond donors (Lipinski definition) is 2. The molecule has 5 nitrogen and oxygen atoms in total. The molecule has 0 radical (unpaired) electrons. The van der Waals surface area contributed by atoms with E-state index in [4.69, 9.17) is 11.5 Å². The predicted octanol–water partition coefficient (Wildman–Crippen LogP) is 0.667. The third kappa shape index (κ3) is 3.30. The second-order valence-electron chi connectivity index (χ2n) is 5.30. The second kappa shape index (κ2) is 6.12. The molecule has 1 aromatic rings. The Hall–Kier alpha value is -1.46. The minimum absolute atomic E-state index is 0.0129. The van der Waals surface area contributed by atoms with Crippen LogP contribution in [0.5, 0.6) is 0 Å². The molecule has 2 heterocycles. The highest BCUT2D eigenvalue weighted by Gasteiger charge is 2.30. The molecule has 5 heteroatoms. The van der Waals surface area contributed by atoms with Gasteiger partial charge in [-0.2, -0.15) is 0 Å². The highest BCUT2D eigenvalue weighted by molar-refractivity contribution is 5.76. The summed E-state index contributed by atoms with van der Waals surface area (Å²) in [4.78, 5) is 17.7. The number of amides is 1. The zero-order valence-electron chi connectivity index (χ0n) is 11.3. The molecule has 104 valence electrons. The molecule has 1 aliphatic heterocycles. The summed E-state index contributed by atoms with van der Waals surface area (Å²) in [6.45, 7) is 3.72. The molecular formula is C14H22N4O. The van der Waals surface area contributed by atoms with Gasteiger partial charge in [0.05, 0.1) is 6.04 Å². The number of carbonyl (C=O) groups is 1. The average Bonchev–Trinajstić information content (AvgIpc) is 2.40. The van der Waals surface area contributed by atoms with Gasteiger partial charge in [-0.25, -0.2) is 0 Å². The molecule has 0 saturated carbocycles. The average molecular weight is 262 g/mol. The fraction of sp³-hybridized carbons (Fsp3) is 0.571. The molecule has 1 fully saturated rings. The molecule has 0 aromatic carbocycles. The Balaban J connectivity index is 2.08. The third-order valence-electron chi connectivity index (χ3n) is 3.85. The van der Waals surface area contributed by atoms with Crippen molar-refractivity contribution in [2.45, 2.75) is 31.8 Å². The summed E-state index contributed by atoms with van der Waals surface area (Å²) in [7, 11) is 0. The maximum absolute atomic E-state index is 11.2. The number of primary amides is 1. The highest BCUT2D eigenvalue weighted by Crippen LogP contribution is 2.28. The summed E-state index contributed by atoms with van der Waals surface area (Å²) in [5, 5.41) is 0. The van der Waals surface area contributed by atoms with Crippen LogP contribution in [0.3, 0.4) is 0 Å². The summed E-state index contributed by atoms with van der Waals surface area (Å²) < 4.78 is 0. The van der Waals surface area contributed by atoms with Crippen LogP contribution in [0.25, 0.3) is 0 Å². The molecule has 1 saturated heterocycles. The van der Waals surface area contributed by atoms with Crippen LogP contribution in [0.1, 0.15) is 31.4 Å². The number of nitrogens with two attached hydrogens (primary N) is 2. The maximum atomic E-state index is 11.2. The normalized spacial score (nSPS) is 20.9. The Bertz CT molecular complexity index is 413. The number of rotatable bonds is 4. The van der Waals surface area contributed by atoms with Crippen molar-refractivity contribution in [1.29, 1.82) is 0 Å². The van der Waals surface area contributed by atoms with E-state index in [-0.39, 0.29) is 23.9 Å². The fourth-order valence-corrected chi connectivity index (χ4v) is 2.86. The lowest BCUT2D eigenvalue weighted by Gasteiger charge is -2.38. The van der Waals surface area contributed by atoms with Crippen molar-refractivity contribution in [2.24, 2.45) is 17.4 Å². The van der Waals surface area contributed by atoms with Crippen LogP contribution in [0.4, 0.5) is 0 Å². The number of carbonyl (C=O) groups excluding carboxylic acids is 1. The van der Waals surface area contributed by atoms with E-state index < -0.39 is 0 Å². The van der Waals surface area contributed by atoms with E-state index in [1.54, 1.807) is 6.20 Å². The van der Waals surface area contributed by atoms with Crippen LogP contribution in [0.2, 0.25) is 0 Å². The highest BCUT2D eigenvalue weighted by atomic mass is 16.1. The number of piperidine rings is 1. The van der Waals surface area contributed by atoms with Gasteiger partial charge in [0, 0.05) is 24.4 Å². The van der Waals surface area contributed by atoms with E-state index in [1.807, 2.05) is 19.2 Å². The zero-order valence-corrected chi connectivity index (χ0v) is 11.3. The van der Waals surface area contributed by atoms with Gasteiger partial charge < -0.3 is 11.5 Å². The first-order valence-corrected chi connectivity index (χ1v) is 6.78. The third-order valence-corrected chi connectivity index (χ3v) is 3.85. The number of aromatic nitrogens is 1. The molecule has 0 spiro atoms. The topological polar surface area (TPSA) is 85.2 Å². The van der Waals surface area contributed by atoms with Crippen molar-refractivity contribution >= 4 is 5.91 Å². The zero-order chi connectivity index (χ0) is 13.8. The molecular weight excluding hydrogens is 240 g/mol. The largest absolute Gasteiger partial charge is 0.369 e. The first-order chi connectivity index (χ1) is 9.09. The molecule has 0 bridgehead atoms.